The van der Waals surface area contributed by atoms with E-state index >= 15 is 0 Å². The molecule has 1 atom stereocenters. The van der Waals surface area contributed by atoms with Crippen molar-refractivity contribution < 1.29 is 19.0 Å². The molecule has 4 aromatic rings. The van der Waals surface area contributed by atoms with Crippen molar-refractivity contribution >= 4 is 55.2 Å². The number of thiazole rings is 1. The van der Waals surface area contributed by atoms with Gasteiger partial charge in [-0.3, -0.25) is 9.36 Å². The van der Waals surface area contributed by atoms with Gasteiger partial charge in [-0.15, -0.1) is 0 Å². The molecule has 3 aromatic carbocycles. The monoisotopic (exact) mass is 724 g/mol. The standard InChI is InChI=1S/C33H30Br2N2O5S/c1-5-40-32(39)28-20(4)36-33-37(29(28)22-11-13-25(14-12-22)42-19(2)3)31(38)27(43-33)16-23-15-24(34)17-26(35)30(23)41-18-21-9-7-6-8-10-21/h6-17,19,29H,5,18H2,1-4H3/b27-16-/t29-/m0/s1. The maximum absolute atomic E-state index is 14.1. The third-order valence-electron chi connectivity index (χ3n) is 6.63. The summed E-state index contributed by atoms with van der Waals surface area (Å²) in [4.78, 5) is 32.5. The summed E-state index contributed by atoms with van der Waals surface area (Å²) < 4.78 is 21.1. The van der Waals surface area contributed by atoms with E-state index in [-0.39, 0.29) is 18.3 Å². The maximum Gasteiger partial charge on any atom is 0.338 e. The van der Waals surface area contributed by atoms with Crippen molar-refractivity contribution in [2.45, 2.75) is 46.4 Å². The first-order valence-corrected chi connectivity index (χ1v) is 16.2. The van der Waals surface area contributed by atoms with Crippen LogP contribution in [0.25, 0.3) is 6.08 Å². The van der Waals surface area contributed by atoms with Crippen molar-refractivity contribution in [3.05, 3.63) is 123 Å². The van der Waals surface area contributed by atoms with Crippen molar-refractivity contribution in [1.82, 2.24) is 4.57 Å². The molecule has 10 heteroatoms. The zero-order valence-corrected chi connectivity index (χ0v) is 28.1. The number of allylic oxidation sites excluding steroid dienone is 1. The SMILES string of the molecule is CCOC(=O)C1=C(C)N=c2s/c(=C\c3cc(Br)cc(Br)c3OCc3ccccc3)c(=O)n2[C@H]1c1ccc(OC(C)C)cc1. The van der Waals surface area contributed by atoms with Gasteiger partial charge in [-0.1, -0.05) is 69.7 Å². The average Bonchev–Trinajstić information content (AvgIpc) is 3.26. The van der Waals surface area contributed by atoms with Gasteiger partial charge in [0.2, 0.25) is 0 Å². The first kappa shape index (κ1) is 31.0. The molecule has 0 saturated carbocycles. The third kappa shape index (κ3) is 6.87. The minimum Gasteiger partial charge on any atom is -0.491 e. The number of ether oxygens (including phenoxy) is 3. The number of aromatic nitrogens is 1. The Bertz CT molecular complexity index is 1860. The van der Waals surface area contributed by atoms with Gasteiger partial charge in [0, 0.05) is 10.0 Å². The van der Waals surface area contributed by atoms with Crippen LogP contribution in [0, 0.1) is 0 Å². The fraction of sp³-hybridized carbons (Fsp3) is 0.242. The highest BCUT2D eigenvalue weighted by atomic mass is 79.9. The van der Waals surface area contributed by atoms with E-state index in [4.69, 9.17) is 14.2 Å². The summed E-state index contributed by atoms with van der Waals surface area (Å²) in [6.07, 6.45) is 1.82. The van der Waals surface area contributed by atoms with Crippen molar-refractivity contribution in [2.75, 3.05) is 6.61 Å². The molecule has 2 heterocycles. The highest BCUT2D eigenvalue weighted by Crippen LogP contribution is 2.35. The topological polar surface area (TPSA) is 79.1 Å². The van der Waals surface area contributed by atoms with Gasteiger partial charge in [-0.25, -0.2) is 9.79 Å². The van der Waals surface area contributed by atoms with Gasteiger partial charge in [0.1, 0.15) is 18.1 Å². The largest absolute Gasteiger partial charge is 0.491 e. The molecule has 5 rings (SSSR count). The molecule has 0 radical (unpaired) electrons. The van der Waals surface area contributed by atoms with Crippen LogP contribution in [0.15, 0.2) is 96.7 Å². The summed E-state index contributed by atoms with van der Waals surface area (Å²) in [7, 11) is 0. The molecule has 0 aliphatic carbocycles. The van der Waals surface area contributed by atoms with Crippen molar-refractivity contribution in [1.29, 1.82) is 0 Å². The number of carbonyl (C=O) groups excluding carboxylic acids is 1. The summed E-state index contributed by atoms with van der Waals surface area (Å²) in [5, 5.41) is 0. The van der Waals surface area contributed by atoms with Gasteiger partial charge >= 0.3 is 5.97 Å². The number of carbonyl (C=O) groups is 1. The lowest BCUT2D eigenvalue weighted by Crippen LogP contribution is -2.39. The van der Waals surface area contributed by atoms with E-state index in [1.165, 1.54) is 11.3 Å². The molecule has 0 fully saturated rings. The predicted molar refractivity (Wildman–Crippen MR) is 175 cm³/mol. The van der Waals surface area contributed by atoms with Crippen LogP contribution in [0.2, 0.25) is 0 Å². The van der Waals surface area contributed by atoms with Gasteiger partial charge in [0.05, 0.1) is 39.0 Å². The smallest absolute Gasteiger partial charge is 0.338 e. The van der Waals surface area contributed by atoms with Crippen LogP contribution in [0.5, 0.6) is 11.5 Å². The Balaban J connectivity index is 1.63. The van der Waals surface area contributed by atoms with E-state index in [2.05, 4.69) is 36.9 Å². The maximum atomic E-state index is 14.1. The molecule has 222 valence electrons. The Morgan fingerprint density at radius 3 is 2.49 bits per heavy atom. The fourth-order valence-corrected chi connectivity index (χ4v) is 7.23. The molecule has 0 saturated heterocycles. The Kier molecular flexibility index (Phi) is 9.68. The number of nitrogens with zero attached hydrogens (tertiary/aromatic N) is 2. The Hall–Kier alpha value is -3.47. The van der Waals surface area contributed by atoms with Crippen molar-refractivity contribution in [2.24, 2.45) is 4.99 Å². The molecule has 43 heavy (non-hydrogen) atoms. The van der Waals surface area contributed by atoms with E-state index in [1.54, 1.807) is 24.5 Å². The molecular weight excluding hydrogens is 696 g/mol. The Morgan fingerprint density at radius 1 is 1.09 bits per heavy atom. The Labute approximate surface area is 270 Å². The average molecular weight is 726 g/mol. The summed E-state index contributed by atoms with van der Waals surface area (Å²) >= 11 is 8.46. The third-order valence-corrected chi connectivity index (χ3v) is 8.66. The van der Waals surface area contributed by atoms with Gasteiger partial charge in [-0.05, 0) is 85.1 Å². The van der Waals surface area contributed by atoms with E-state index in [0.29, 0.717) is 38.7 Å². The van der Waals surface area contributed by atoms with Gasteiger partial charge < -0.3 is 14.2 Å². The Morgan fingerprint density at radius 2 is 1.81 bits per heavy atom. The first-order chi connectivity index (χ1) is 20.7. The molecule has 0 spiro atoms. The fourth-order valence-electron chi connectivity index (χ4n) is 4.82. The number of fused-ring (bicyclic) bond motifs is 1. The summed E-state index contributed by atoms with van der Waals surface area (Å²) in [6.45, 7) is 8.01. The molecule has 0 unspecified atom stereocenters. The second-order valence-corrected chi connectivity index (χ2v) is 12.9. The van der Waals surface area contributed by atoms with E-state index in [9.17, 15) is 9.59 Å². The molecule has 0 N–H and O–H groups in total. The van der Waals surface area contributed by atoms with E-state index in [1.807, 2.05) is 80.6 Å². The van der Waals surface area contributed by atoms with Crippen molar-refractivity contribution in [3.8, 4) is 11.5 Å². The lowest BCUT2D eigenvalue weighted by Gasteiger charge is -2.25. The molecule has 1 aliphatic heterocycles. The summed E-state index contributed by atoms with van der Waals surface area (Å²) in [5.41, 5.74) is 3.06. The van der Waals surface area contributed by atoms with E-state index < -0.39 is 12.0 Å². The number of halogens is 2. The zero-order chi connectivity index (χ0) is 30.7. The van der Waals surface area contributed by atoms with Crippen LogP contribution in [0.4, 0.5) is 0 Å². The highest BCUT2D eigenvalue weighted by Gasteiger charge is 2.33. The van der Waals surface area contributed by atoms with Crippen LogP contribution < -0.4 is 24.4 Å². The number of esters is 1. The number of rotatable bonds is 9. The first-order valence-electron chi connectivity index (χ1n) is 13.8. The van der Waals surface area contributed by atoms with E-state index in [0.717, 1.165) is 25.6 Å². The molecule has 0 bridgehead atoms. The minimum atomic E-state index is -0.714. The number of hydrogen-bond donors (Lipinski definition) is 0. The minimum absolute atomic E-state index is 0.0142. The molecule has 1 aromatic heterocycles. The molecule has 7 nitrogen and oxygen atoms in total. The molecule has 1 aliphatic rings. The summed E-state index contributed by atoms with van der Waals surface area (Å²) in [6, 6.07) is 20.4. The van der Waals surface area contributed by atoms with Crippen LogP contribution in [0.1, 0.15) is 50.4 Å². The van der Waals surface area contributed by atoms with Gasteiger partial charge in [0.15, 0.2) is 4.80 Å². The predicted octanol–water partition coefficient (Wildman–Crippen LogP) is 6.69. The van der Waals surface area contributed by atoms with Crippen LogP contribution in [-0.4, -0.2) is 23.2 Å². The number of benzene rings is 3. The quantitative estimate of drug-likeness (QED) is 0.180. The number of hydrogen-bond acceptors (Lipinski definition) is 7. The van der Waals surface area contributed by atoms with Gasteiger partial charge in [-0.2, -0.15) is 0 Å². The molecular formula is C33H30Br2N2O5S. The lowest BCUT2D eigenvalue weighted by atomic mass is 9.96. The second kappa shape index (κ2) is 13.4. The normalized spacial score (nSPS) is 14.9. The zero-order valence-electron chi connectivity index (χ0n) is 24.1. The molecule has 0 amide bonds. The van der Waals surface area contributed by atoms with Crippen LogP contribution in [-0.2, 0) is 16.1 Å². The summed E-state index contributed by atoms with van der Waals surface area (Å²) in [5.74, 6) is 0.810. The van der Waals surface area contributed by atoms with Crippen LogP contribution in [0.3, 0.4) is 0 Å². The van der Waals surface area contributed by atoms with Crippen molar-refractivity contribution in [3.63, 3.8) is 0 Å². The van der Waals surface area contributed by atoms with Crippen LogP contribution >= 0.6 is 43.2 Å². The lowest BCUT2D eigenvalue weighted by molar-refractivity contribution is -0.139. The van der Waals surface area contributed by atoms with Gasteiger partial charge in [0.25, 0.3) is 5.56 Å². The highest BCUT2D eigenvalue weighted by molar-refractivity contribution is 9.11. The second-order valence-electron chi connectivity index (χ2n) is 10.1.